The standard InChI is InChI=1S/C10H10/c1-2-6-10-8-4-3-7-9(10)5-1/h1-3,5-7H,4,8H2/i8D2. The fourth-order valence-electron chi connectivity index (χ4n) is 1.16. The Kier molecular flexibility index (Phi) is 0.911. The van der Waals surface area contributed by atoms with E-state index in [2.05, 4.69) is 0 Å². The van der Waals surface area contributed by atoms with Gasteiger partial charge in [-0.05, 0) is 23.9 Å². The van der Waals surface area contributed by atoms with E-state index in [1.807, 2.05) is 36.4 Å². The zero-order valence-electron chi connectivity index (χ0n) is 7.67. The molecule has 1 aliphatic carbocycles. The molecule has 1 aromatic rings. The predicted octanol–water partition coefficient (Wildman–Crippen LogP) is 2.65. The molecule has 0 heteroatoms. The Bertz CT molecular complexity index is 326. The SMILES string of the molecule is [2H]C1([2H])CC=Cc2ccccc21. The summed E-state index contributed by atoms with van der Waals surface area (Å²) in [6.45, 7) is 0. The number of allylic oxidation sites excluding steroid dienone is 1. The van der Waals surface area contributed by atoms with Crippen LogP contribution in [0.3, 0.4) is 0 Å². The minimum atomic E-state index is -1.18. The molecule has 0 bridgehead atoms. The monoisotopic (exact) mass is 132 g/mol. The molecular weight excluding hydrogens is 120 g/mol. The maximum absolute atomic E-state index is 7.72. The number of hydrogen-bond acceptors (Lipinski definition) is 0. The van der Waals surface area contributed by atoms with E-state index >= 15 is 0 Å². The highest BCUT2D eigenvalue weighted by Crippen LogP contribution is 2.17. The summed E-state index contributed by atoms with van der Waals surface area (Å²) < 4.78 is 15.4. The normalized spacial score (nSPS) is 22.8. The largest absolute Gasteiger partial charge is 0.0836 e. The fraction of sp³-hybridized carbons (Fsp3) is 0.200. The third kappa shape index (κ3) is 0.860. The van der Waals surface area contributed by atoms with E-state index in [0.717, 1.165) is 11.1 Å². The second kappa shape index (κ2) is 2.30. The number of aryl methyl sites for hydroxylation is 1. The van der Waals surface area contributed by atoms with Crippen molar-refractivity contribution in [2.75, 3.05) is 0 Å². The highest BCUT2D eigenvalue weighted by Gasteiger charge is 2.00. The minimum Gasteiger partial charge on any atom is -0.0836 e. The lowest BCUT2D eigenvalue weighted by Crippen LogP contribution is -1.91. The lowest BCUT2D eigenvalue weighted by molar-refractivity contribution is 0.986. The first-order valence-corrected chi connectivity index (χ1v) is 3.46. The van der Waals surface area contributed by atoms with E-state index in [-0.39, 0.29) is 0 Å². The average Bonchev–Trinajstić information content (AvgIpc) is 2.04. The Morgan fingerprint density at radius 3 is 3.10 bits per heavy atom. The van der Waals surface area contributed by atoms with Gasteiger partial charge in [0.25, 0.3) is 0 Å². The van der Waals surface area contributed by atoms with Crippen LogP contribution in [-0.2, 0) is 6.37 Å². The second-order valence-corrected chi connectivity index (χ2v) is 2.37. The molecule has 0 saturated carbocycles. The van der Waals surface area contributed by atoms with E-state index in [4.69, 9.17) is 2.74 Å². The molecular formula is C10H10. The van der Waals surface area contributed by atoms with Crippen LogP contribution in [0.2, 0.25) is 0 Å². The van der Waals surface area contributed by atoms with E-state index in [9.17, 15) is 0 Å². The number of benzene rings is 1. The topological polar surface area (TPSA) is 0 Å². The van der Waals surface area contributed by atoms with E-state index < -0.39 is 6.37 Å². The van der Waals surface area contributed by atoms with Crippen molar-refractivity contribution in [1.29, 1.82) is 0 Å². The zero-order valence-corrected chi connectivity index (χ0v) is 5.67. The molecule has 0 aliphatic heterocycles. The first-order valence-electron chi connectivity index (χ1n) is 4.46. The molecule has 0 N–H and O–H groups in total. The molecule has 0 unspecified atom stereocenters. The lowest BCUT2D eigenvalue weighted by atomic mass is 9.98. The molecule has 0 fully saturated rings. The first kappa shape index (κ1) is 3.97. The second-order valence-electron chi connectivity index (χ2n) is 2.37. The van der Waals surface area contributed by atoms with Gasteiger partial charge in [0.1, 0.15) is 0 Å². The van der Waals surface area contributed by atoms with Gasteiger partial charge >= 0.3 is 0 Å². The molecule has 0 saturated heterocycles. The number of hydrogen-bond donors (Lipinski definition) is 0. The average molecular weight is 132 g/mol. The summed E-state index contributed by atoms with van der Waals surface area (Å²) in [7, 11) is 0. The van der Waals surface area contributed by atoms with Gasteiger partial charge in [0.2, 0.25) is 0 Å². The van der Waals surface area contributed by atoms with Crippen molar-refractivity contribution in [3.8, 4) is 0 Å². The highest BCUT2D eigenvalue weighted by molar-refractivity contribution is 5.55. The van der Waals surface area contributed by atoms with Crippen LogP contribution in [0, 0.1) is 0 Å². The molecule has 0 heterocycles. The quantitative estimate of drug-likeness (QED) is 0.509. The summed E-state index contributed by atoms with van der Waals surface area (Å²) >= 11 is 0. The molecule has 0 amide bonds. The maximum Gasteiger partial charge on any atom is 0.0319 e. The van der Waals surface area contributed by atoms with Crippen molar-refractivity contribution < 1.29 is 2.74 Å². The summed E-state index contributed by atoms with van der Waals surface area (Å²) in [5.74, 6) is 0. The molecule has 0 aromatic heterocycles. The van der Waals surface area contributed by atoms with Gasteiger partial charge < -0.3 is 0 Å². The summed E-state index contributed by atoms with van der Waals surface area (Å²) in [6.07, 6.45) is 3.19. The molecule has 50 valence electrons. The predicted molar refractivity (Wildman–Crippen MR) is 43.8 cm³/mol. The van der Waals surface area contributed by atoms with Crippen molar-refractivity contribution in [2.24, 2.45) is 0 Å². The maximum atomic E-state index is 7.72. The molecule has 1 aromatic carbocycles. The van der Waals surface area contributed by atoms with Gasteiger partial charge in [0, 0.05) is 2.74 Å². The van der Waals surface area contributed by atoms with Gasteiger partial charge in [0.15, 0.2) is 0 Å². The first-order chi connectivity index (χ1) is 5.70. The van der Waals surface area contributed by atoms with Crippen LogP contribution in [0.15, 0.2) is 30.3 Å². The van der Waals surface area contributed by atoms with Gasteiger partial charge in [-0.15, -0.1) is 0 Å². The summed E-state index contributed by atoms with van der Waals surface area (Å²) in [6, 6.07) is 7.63. The van der Waals surface area contributed by atoms with Crippen molar-refractivity contribution in [1.82, 2.24) is 0 Å². The van der Waals surface area contributed by atoms with Crippen molar-refractivity contribution in [3.05, 3.63) is 41.5 Å². The van der Waals surface area contributed by atoms with Gasteiger partial charge in [-0.3, -0.25) is 0 Å². The Balaban J connectivity index is 2.60. The van der Waals surface area contributed by atoms with Crippen LogP contribution in [0.25, 0.3) is 6.08 Å². The van der Waals surface area contributed by atoms with Crippen LogP contribution in [0.5, 0.6) is 0 Å². The van der Waals surface area contributed by atoms with Crippen molar-refractivity contribution >= 4 is 6.08 Å². The Morgan fingerprint density at radius 2 is 2.20 bits per heavy atom. The fourth-order valence-corrected chi connectivity index (χ4v) is 1.16. The summed E-state index contributed by atoms with van der Waals surface area (Å²) in [4.78, 5) is 0. The van der Waals surface area contributed by atoms with Crippen LogP contribution in [-0.4, -0.2) is 0 Å². The Hall–Kier alpha value is -1.04. The molecule has 0 atom stereocenters. The van der Waals surface area contributed by atoms with E-state index in [0.29, 0.717) is 6.42 Å². The minimum absolute atomic E-state index is 0.490. The van der Waals surface area contributed by atoms with Gasteiger partial charge in [-0.1, -0.05) is 36.4 Å². The highest BCUT2D eigenvalue weighted by atomic mass is 14.1. The Morgan fingerprint density at radius 1 is 1.30 bits per heavy atom. The van der Waals surface area contributed by atoms with Crippen LogP contribution in [0.4, 0.5) is 0 Å². The molecule has 2 rings (SSSR count). The molecule has 10 heavy (non-hydrogen) atoms. The summed E-state index contributed by atoms with van der Waals surface area (Å²) in [5.41, 5.74) is 1.82. The van der Waals surface area contributed by atoms with Crippen LogP contribution < -0.4 is 0 Å². The number of rotatable bonds is 0. The zero-order chi connectivity index (χ0) is 8.60. The smallest absolute Gasteiger partial charge is 0.0319 e. The summed E-state index contributed by atoms with van der Waals surface area (Å²) in [5, 5.41) is 0. The van der Waals surface area contributed by atoms with Crippen molar-refractivity contribution in [3.63, 3.8) is 0 Å². The Labute approximate surface area is 64.0 Å². The molecule has 0 radical (unpaired) electrons. The van der Waals surface area contributed by atoms with E-state index in [1.54, 1.807) is 0 Å². The third-order valence-electron chi connectivity index (χ3n) is 1.67. The molecule has 1 aliphatic rings. The number of fused-ring (bicyclic) bond motifs is 1. The van der Waals surface area contributed by atoms with E-state index in [1.165, 1.54) is 0 Å². The molecule has 0 nitrogen and oxygen atoms in total. The third-order valence-corrected chi connectivity index (χ3v) is 1.67. The van der Waals surface area contributed by atoms with Crippen LogP contribution >= 0.6 is 0 Å². The van der Waals surface area contributed by atoms with Gasteiger partial charge in [0.05, 0.1) is 0 Å². The lowest BCUT2D eigenvalue weighted by Gasteiger charge is -2.07. The van der Waals surface area contributed by atoms with Gasteiger partial charge in [-0.25, -0.2) is 0 Å². The van der Waals surface area contributed by atoms with Crippen LogP contribution in [0.1, 0.15) is 20.3 Å². The van der Waals surface area contributed by atoms with Crippen molar-refractivity contribution in [2.45, 2.75) is 12.8 Å². The van der Waals surface area contributed by atoms with Gasteiger partial charge in [-0.2, -0.15) is 0 Å². The molecule has 0 spiro atoms.